The van der Waals surface area contributed by atoms with Gasteiger partial charge in [-0.25, -0.2) is 0 Å². The molecule has 5 heteroatoms. The number of morpholine rings is 1. The molecular weight excluding hydrogens is 258 g/mol. The molecule has 1 aliphatic carbocycles. The molecular formula is C14H19N3OS. The van der Waals surface area contributed by atoms with Crippen LogP contribution in [0.1, 0.15) is 43.0 Å². The average molecular weight is 277 g/mol. The number of nitrogen functional groups attached to an aromatic ring is 1. The lowest BCUT2D eigenvalue weighted by Gasteiger charge is -2.39. The van der Waals surface area contributed by atoms with Gasteiger partial charge >= 0.3 is 0 Å². The van der Waals surface area contributed by atoms with Gasteiger partial charge in [-0.3, -0.25) is 0 Å². The third kappa shape index (κ3) is 2.31. The highest BCUT2D eigenvalue weighted by Crippen LogP contribution is 2.52. The molecule has 1 saturated heterocycles. The minimum Gasteiger partial charge on any atom is -0.397 e. The van der Waals surface area contributed by atoms with Gasteiger partial charge in [-0.15, -0.1) is 11.3 Å². The maximum absolute atomic E-state index is 9.20. The van der Waals surface area contributed by atoms with E-state index in [1.54, 1.807) is 11.3 Å². The Bertz CT molecular complexity index is 540. The number of hydrogen-bond donors (Lipinski definition) is 1. The van der Waals surface area contributed by atoms with Crippen molar-refractivity contribution in [1.82, 2.24) is 0 Å². The van der Waals surface area contributed by atoms with Crippen LogP contribution in [0.3, 0.4) is 0 Å². The van der Waals surface area contributed by atoms with Gasteiger partial charge in [0.05, 0.1) is 22.9 Å². The molecule has 2 aliphatic rings. The minimum absolute atomic E-state index is 0.134. The first-order chi connectivity index (χ1) is 9.02. The van der Waals surface area contributed by atoms with Gasteiger partial charge in [0.25, 0.3) is 0 Å². The molecule has 2 fully saturated rings. The van der Waals surface area contributed by atoms with Crippen LogP contribution in [0.2, 0.25) is 0 Å². The first-order valence-corrected chi connectivity index (χ1v) is 7.54. The van der Waals surface area contributed by atoms with E-state index in [-0.39, 0.29) is 5.60 Å². The average Bonchev–Trinajstić information content (AvgIpc) is 3.12. The molecule has 2 heterocycles. The summed E-state index contributed by atoms with van der Waals surface area (Å²) in [6.07, 6.45) is 2.40. The van der Waals surface area contributed by atoms with Gasteiger partial charge in [0.1, 0.15) is 10.9 Å². The third-order valence-corrected chi connectivity index (χ3v) is 4.95. The number of nitrogens with two attached hydrogens (primary N) is 1. The Morgan fingerprint density at radius 1 is 1.47 bits per heavy atom. The van der Waals surface area contributed by atoms with Crippen LogP contribution in [0.4, 0.5) is 10.7 Å². The van der Waals surface area contributed by atoms with E-state index >= 15 is 0 Å². The summed E-state index contributed by atoms with van der Waals surface area (Å²) >= 11 is 1.55. The van der Waals surface area contributed by atoms with Gasteiger partial charge in [0.2, 0.25) is 0 Å². The molecule has 19 heavy (non-hydrogen) atoms. The summed E-state index contributed by atoms with van der Waals surface area (Å²) in [6, 6.07) is 2.23. The zero-order valence-corrected chi connectivity index (χ0v) is 12.2. The molecule has 2 N–H and O–H groups in total. The smallest absolute Gasteiger partial charge is 0.130 e. The predicted molar refractivity (Wildman–Crippen MR) is 77.7 cm³/mol. The van der Waals surface area contributed by atoms with E-state index in [2.05, 4.69) is 24.8 Å². The lowest BCUT2D eigenvalue weighted by Crippen LogP contribution is -2.48. The molecule has 3 rings (SSSR count). The highest BCUT2D eigenvalue weighted by Gasteiger charge is 2.36. The fourth-order valence-electron chi connectivity index (χ4n) is 2.72. The van der Waals surface area contributed by atoms with E-state index in [1.807, 2.05) is 0 Å². The fraction of sp³-hybridized carbons (Fsp3) is 0.643. The number of anilines is 2. The monoisotopic (exact) mass is 277 g/mol. The Morgan fingerprint density at radius 3 is 2.79 bits per heavy atom. The Hall–Kier alpha value is -1.25. The second-order valence-electron chi connectivity index (χ2n) is 5.98. The molecule has 0 amide bonds. The molecule has 1 saturated carbocycles. The van der Waals surface area contributed by atoms with Crippen molar-refractivity contribution in [2.24, 2.45) is 0 Å². The number of ether oxygens (including phenoxy) is 1. The third-order valence-electron chi connectivity index (χ3n) is 3.76. The Kier molecular flexibility index (Phi) is 2.95. The number of nitriles is 1. The SMILES string of the molecule is CC1(C)CN(c2sc(C#N)c(N)c2C2CC2)CCO1. The van der Waals surface area contributed by atoms with Gasteiger partial charge < -0.3 is 15.4 Å². The summed E-state index contributed by atoms with van der Waals surface area (Å²) in [5.41, 5.74) is 7.96. The van der Waals surface area contributed by atoms with E-state index in [0.29, 0.717) is 16.5 Å². The van der Waals surface area contributed by atoms with Gasteiger partial charge in [-0.1, -0.05) is 0 Å². The highest BCUT2D eigenvalue weighted by molar-refractivity contribution is 7.17. The molecule has 102 valence electrons. The highest BCUT2D eigenvalue weighted by atomic mass is 32.1. The first-order valence-electron chi connectivity index (χ1n) is 6.73. The van der Waals surface area contributed by atoms with Crippen LogP contribution in [0.15, 0.2) is 0 Å². The molecule has 0 bridgehead atoms. The molecule has 1 aromatic rings. The molecule has 0 radical (unpaired) electrons. The van der Waals surface area contributed by atoms with Crippen LogP contribution in [0.5, 0.6) is 0 Å². The maximum Gasteiger partial charge on any atom is 0.130 e. The number of hydrogen-bond acceptors (Lipinski definition) is 5. The van der Waals surface area contributed by atoms with Crippen molar-refractivity contribution >= 4 is 22.0 Å². The summed E-state index contributed by atoms with van der Waals surface area (Å²) in [4.78, 5) is 3.01. The Labute approximate surface area is 117 Å². The van der Waals surface area contributed by atoms with Crippen molar-refractivity contribution in [1.29, 1.82) is 5.26 Å². The van der Waals surface area contributed by atoms with E-state index in [4.69, 9.17) is 10.5 Å². The summed E-state index contributed by atoms with van der Waals surface area (Å²) in [6.45, 7) is 6.69. The zero-order valence-electron chi connectivity index (χ0n) is 11.4. The molecule has 0 spiro atoms. The van der Waals surface area contributed by atoms with Crippen molar-refractivity contribution in [3.63, 3.8) is 0 Å². The normalized spacial score (nSPS) is 22.3. The maximum atomic E-state index is 9.20. The van der Waals surface area contributed by atoms with Crippen LogP contribution >= 0.6 is 11.3 Å². The molecule has 0 unspecified atom stereocenters. The standard InChI is InChI=1S/C14H19N3OS/c1-14(2)8-17(5-6-18-14)13-11(9-3-4-9)12(16)10(7-15)19-13/h9H,3-6,8,16H2,1-2H3. The Morgan fingerprint density at radius 2 is 2.21 bits per heavy atom. The van der Waals surface area contributed by atoms with Crippen molar-refractivity contribution in [3.8, 4) is 6.07 Å². The second-order valence-corrected chi connectivity index (χ2v) is 6.98. The van der Waals surface area contributed by atoms with Crippen molar-refractivity contribution in [2.45, 2.75) is 38.2 Å². The van der Waals surface area contributed by atoms with Crippen LogP contribution in [0.25, 0.3) is 0 Å². The molecule has 0 aromatic carbocycles. The molecule has 1 aromatic heterocycles. The van der Waals surface area contributed by atoms with E-state index in [0.717, 1.165) is 19.7 Å². The topological polar surface area (TPSA) is 62.3 Å². The van der Waals surface area contributed by atoms with Gasteiger partial charge in [-0.05, 0) is 32.6 Å². The van der Waals surface area contributed by atoms with Crippen LogP contribution in [-0.2, 0) is 4.74 Å². The van der Waals surface area contributed by atoms with Crippen molar-refractivity contribution in [3.05, 3.63) is 10.4 Å². The lowest BCUT2D eigenvalue weighted by molar-refractivity contribution is -0.0275. The molecule has 1 aliphatic heterocycles. The minimum atomic E-state index is -0.134. The summed E-state index contributed by atoms with van der Waals surface area (Å²) in [5, 5.41) is 10.4. The van der Waals surface area contributed by atoms with E-state index < -0.39 is 0 Å². The zero-order chi connectivity index (χ0) is 13.6. The first kappa shape index (κ1) is 12.8. The van der Waals surface area contributed by atoms with E-state index in [1.165, 1.54) is 23.4 Å². The summed E-state index contributed by atoms with van der Waals surface area (Å²) in [7, 11) is 0. The largest absolute Gasteiger partial charge is 0.397 e. The van der Waals surface area contributed by atoms with Crippen LogP contribution in [-0.4, -0.2) is 25.3 Å². The summed E-state index contributed by atoms with van der Waals surface area (Å²) < 4.78 is 5.76. The van der Waals surface area contributed by atoms with Gasteiger partial charge in [0.15, 0.2) is 0 Å². The predicted octanol–water partition coefficient (Wildman–Crippen LogP) is 2.69. The van der Waals surface area contributed by atoms with E-state index in [9.17, 15) is 5.26 Å². The lowest BCUT2D eigenvalue weighted by atomic mass is 10.1. The molecule has 4 nitrogen and oxygen atoms in total. The number of rotatable bonds is 2. The molecule has 0 atom stereocenters. The number of nitrogens with zero attached hydrogens (tertiary/aromatic N) is 2. The van der Waals surface area contributed by atoms with Crippen LogP contribution in [0, 0.1) is 11.3 Å². The summed E-state index contributed by atoms with van der Waals surface area (Å²) in [5.74, 6) is 0.569. The fourth-order valence-corrected chi connectivity index (χ4v) is 3.85. The van der Waals surface area contributed by atoms with Crippen molar-refractivity contribution < 1.29 is 4.74 Å². The quantitative estimate of drug-likeness (QED) is 0.902. The van der Waals surface area contributed by atoms with Crippen LogP contribution < -0.4 is 10.6 Å². The van der Waals surface area contributed by atoms with Gasteiger partial charge in [0, 0.05) is 18.7 Å². The number of thiophene rings is 1. The van der Waals surface area contributed by atoms with Gasteiger partial charge in [-0.2, -0.15) is 5.26 Å². The second kappa shape index (κ2) is 4.39. The Balaban J connectivity index is 1.98. The van der Waals surface area contributed by atoms with Crippen molar-refractivity contribution in [2.75, 3.05) is 30.3 Å².